The maximum atomic E-state index is 12.5. The first-order valence-electron chi connectivity index (χ1n) is 6.38. The van der Waals surface area contributed by atoms with E-state index in [0.717, 1.165) is 5.56 Å². The molecule has 0 spiro atoms. The Morgan fingerprint density at radius 1 is 1.21 bits per heavy atom. The molecule has 2 unspecified atom stereocenters. The van der Waals surface area contributed by atoms with Crippen molar-refractivity contribution in [2.45, 2.75) is 31.6 Å². The molecule has 0 amide bonds. The normalized spacial score (nSPS) is 15.2. The summed E-state index contributed by atoms with van der Waals surface area (Å²) in [5, 5.41) is 3.01. The van der Waals surface area contributed by atoms with E-state index < -0.39 is 7.75 Å². The standard InChI is InChI=1S/C13H21BrNO3P/c1-4-17-19(16,18-5-2)15-13(11(3)14)12-9-7-6-8-10-12/h6-11,13H,4-5H2,1-3H3,(H,15,16). The average Bonchev–Trinajstić information content (AvgIpc) is 2.37. The molecule has 19 heavy (non-hydrogen) atoms. The SMILES string of the molecule is CCOP(=O)(NC(c1ccccc1)C(C)Br)OCC. The van der Waals surface area contributed by atoms with Gasteiger partial charge in [0.25, 0.3) is 0 Å². The molecule has 2 atom stereocenters. The minimum Gasteiger partial charge on any atom is -0.297 e. The Hall–Kier alpha value is -0.190. The quantitative estimate of drug-likeness (QED) is 0.562. The summed E-state index contributed by atoms with van der Waals surface area (Å²) in [5.74, 6) is 0. The van der Waals surface area contributed by atoms with Gasteiger partial charge < -0.3 is 0 Å². The third-order valence-electron chi connectivity index (χ3n) is 2.51. The number of hydrogen-bond donors (Lipinski definition) is 1. The van der Waals surface area contributed by atoms with Crippen LogP contribution in [0.3, 0.4) is 0 Å². The van der Waals surface area contributed by atoms with E-state index in [9.17, 15) is 4.57 Å². The predicted octanol–water partition coefficient (Wildman–Crippen LogP) is 4.28. The Kier molecular flexibility index (Phi) is 7.26. The first-order chi connectivity index (χ1) is 9.02. The van der Waals surface area contributed by atoms with Crippen LogP contribution < -0.4 is 5.09 Å². The van der Waals surface area contributed by atoms with E-state index >= 15 is 0 Å². The van der Waals surface area contributed by atoms with Crippen LogP contribution in [0.2, 0.25) is 0 Å². The Morgan fingerprint density at radius 2 is 1.74 bits per heavy atom. The van der Waals surface area contributed by atoms with Crippen molar-refractivity contribution in [3.8, 4) is 0 Å². The molecule has 6 heteroatoms. The molecule has 0 fully saturated rings. The van der Waals surface area contributed by atoms with Gasteiger partial charge in [-0.05, 0) is 19.4 Å². The Bertz CT molecular complexity index is 404. The van der Waals surface area contributed by atoms with Crippen LogP contribution in [0.15, 0.2) is 30.3 Å². The molecule has 0 aromatic heterocycles. The van der Waals surface area contributed by atoms with Crippen LogP contribution >= 0.6 is 23.7 Å². The summed E-state index contributed by atoms with van der Waals surface area (Å²) in [6.45, 7) is 6.25. The zero-order chi connectivity index (χ0) is 14.3. The Morgan fingerprint density at radius 3 is 2.16 bits per heavy atom. The van der Waals surface area contributed by atoms with Gasteiger partial charge in [-0.3, -0.25) is 9.05 Å². The van der Waals surface area contributed by atoms with Crippen molar-refractivity contribution >= 4 is 23.7 Å². The summed E-state index contributed by atoms with van der Waals surface area (Å²) in [7, 11) is -3.27. The average molecular weight is 350 g/mol. The molecule has 0 heterocycles. The number of rotatable bonds is 8. The number of halogens is 1. The lowest BCUT2D eigenvalue weighted by molar-refractivity contribution is 0.206. The van der Waals surface area contributed by atoms with Gasteiger partial charge in [0, 0.05) is 4.83 Å². The van der Waals surface area contributed by atoms with Crippen LogP contribution in [-0.4, -0.2) is 18.0 Å². The second-order valence-corrected chi connectivity index (χ2v) is 7.24. The lowest BCUT2D eigenvalue weighted by Crippen LogP contribution is -2.26. The molecule has 1 aromatic rings. The molecule has 0 aliphatic carbocycles. The summed E-state index contributed by atoms with van der Waals surface area (Å²) in [6, 6.07) is 9.67. The Balaban J connectivity index is 2.92. The maximum Gasteiger partial charge on any atom is 0.406 e. The van der Waals surface area contributed by atoms with Gasteiger partial charge in [-0.15, -0.1) is 0 Å². The number of nitrogens with one attached hydrogen (secondary N) is 1. The van der Waals surface area contributed by atoms with Gasteiger partial charge in [0.2, 0.25) is 0 Å². The minimum absolute atomic E-state index is 0.0872. The summed E-state index contributed by atoms with van der Waals surface area (Å²) in [4.78, 5) is 0.0872. The van der Waals surface area contributed by atoms with E-state index in [-0.39, 0.29) is 10.9 Å². The van der Waals surface area contributed by atoms with Crippen LogP contribution in [0.4, 0.5) is 0 Å². The number of benzene rings is 1. The molecule has 4 nitrogen and oxygen atoms in total. The fourth-order valence-electron chi connectivity index (χ4n) is 1.72. The van der Waals surface area contributed by atoms with E-state index in [0.29, 0.717) is 13.2 Å². The van der Waals surface area contributed by atoms with Crippen molar-refractivity contribution in [1.29, 1.82) is 0 Å². The second kappa shape index (κ2) is 8.18. The zero-order valence-electron chi connectivity index (χ0n) is 11.5. The van der Waals surface area contributed by atoms with E-state index in [1.54, 1.807) is 13.8 Å². The first-order valence-corrected chi connectivity index (χ1v) is 8.84. The highest BCUT2D eigenvalue weighted by atomic mass is 79.9. The Labute approximate surface area is 123 Å². The molecule has 108 valence electrons. The molecule has 0 radical (unpaired) electrons. The number of alkyl halides is 1. The summed E-state index contributed by atoms with van der Waals surface area (Å²) in [6.07, 6.45) is 0. The van der Waals surface area contributed by atoms with Crippen LogP contribution in [0.25, 0.3) is 0 Å². The van der Waals surface area contributed by atoms with Crippen molar-refractivity contribution in [2.75, 3.05) is 13.2 Å². The molecular weight excluding hydrogens is 329 g/mol. The summed E-state index contributed by atoms with van der Waals surface area (Å²) < 4.78 is 23.1. The third kappa shape index (κ3) is 5.36. The van der Waals surface area contributed by atoms with E-state index in [2.05, 4.69) is 21.0 Å². The first kappa shape index (κ1) is 16.9. The summed E-state index contributed by atoms with van der Waals surface area (Å²) in [5.41, 5.74) is 1.03. The molecule has 1 aromatic carbocycles. The molecule has 1 rings (SSSR count). The lowest BCUT2D eigenvalue weighted by atomic mass is 10.1. The molecule has 0 saturated carbocycles. The van der Waals surface area contributed by atoms with Crippen LogP contribution in [-0.2, 0) is 13.6 Å². The largest absolute Gasteiger partial charge is 0.406 e. The van der Waals surface area contributed by atoms with Crippen LogP contribution in [0.1, 0.15) is 32.4 Å². The van der Waals surface area contributed by atoms with Crippen molar-refractivity contribution in [3.05, 3.63) is 35.9 Å². The molecule has 1 N–H and O–H groups in total. The maximum absolute atomic E-state index is 12.5. The van der Waals surface area contributed by atoms with Gasteiger partial charge in [0.05, 0.1) is 19.3 Å². The van der Waals surface area contributed by atoms with Crippen molar-refractivity contribution in [2.24, 2.45) is 0 Å². The van der Waals surface area contributed by atoms with Gasteiger partial charge in [-0.25, -0.2) is 9.65 Å². The van der Waals surface area contributed by atoms with E-state index in [4.69, 9.17) is 9.05 Å². The van der Waals surface area contributed by atoms with Gasteiger partial charge >= 0.3 is 7.75 Å². The smallest absolute Gasteiger partial charge is 0.297 e. The molecule has 0 saturated heterocycles. The van der Waals surface area contributed by atoms with Crippen molar-refractivity contribution in [1.82, 2.24) is 5.09 Å². The van der Waals surface area contributed by atoms with Crippen LogP contribution in [0.5, 0.6) is 0 Å². The third-order valence-corrected chi connectivity index (χ3v) is 4.83. The zero-order valence-corrected chi connectivity index (χ0v) is 14.0. The van der Waals surface area contributed by atoms with Gasteiger partial charge in [-0.2, -0.15) is 0 Å². The lowest BCUT2D eigenvalue weighted by Gasteiger charge is -2.26. The van der Waals surface area contributed by atoms with Crippen molar-refractivity contribution < 1.29 is 13.6 Å². The monoisotopic (exact) mass is 349 g/mol. The fraction of sp³-hybridized carbons (Fsp3) is 0.538. The minimum atomic E-state index is -3.27. The van der Waals surface area contributed by atoms with E-state index in [1.165, 1.54) is 0 Å². The molecular formula is C13H21BrNO3P. The highest BCUT2D eigenvalue weighted by Gasteiger charge is 2.30. The highest BCUT2D eigenvalue weighted by Crippen LogP contribution is 2.47. The van der Waals surface area contributed by atoms with Crippen molar-refractivity contribution in [3.63, 3.8) is 0 Å². The highest BCUT2D eigenvalue weighted by molar-refractivity contribution is 9.09. The van der Waals surface area contributed by atoms with Gasteiger partial charge in [0.15, 0.2) is 0 Å². The second-order valence-electron chi connectivity index (χ2n) is 4.03. The molecule has 0 aliphatic heterocycles. The summed E-state index contributed by atoms with van der Waals surface area (Å²) >= 11 is 3.54. The van der Waals surface area contributed by atoms with E-state index in [1.807, 2.05) is 37.3 Å². The fourth-order valence-corrected chi connectivity index (χ4v) is 3.98. The van der Waals surface area contributed by atoms with Gasteiger partial charge in [0.1, 0.15) is 0 Å². The van der Waals surface area contributed by atoms with Gasteiger partial charge in [-0.1, -0.05) is 53.2 Å². The predicted molar refractivity (Wildman–Crippen MR) is 81.6 cm³/mol. The molecule has 0 aliphatic rings. The molecule has 0 bridgehead atoms. The number of hydrogen-bond acceptors (Lipinski definition) is 3. The topological polar surface area (TPSA) is 47.6 Å². The van der Waals surface area contributed by atoms with Crippen LogP contribution in [0, 0.1) is 0 Å².